The third-order valence-corrected chi connectivity index (χ3v) is 3.27. The van der Waals surface area contributed by atoms with Crippen LogP contribution in [0, 0.1) is 0 Å². The van der Waals surface area contributed by atoms with Gasteiger partial charge in [0.1, 0.15) is 0 Å². The normalized spacial score (nSPS) is 14.0. The first kappa shape index (κ1) is 11.7. The van der Waals surface area contributed by atoms with Gasteiger partial charge in [0.15, 0.2) is 0 Å². The van der Waals surface area contributed by atoms with E-state index in [2.05, 4.69) is 0 Å². The fourth-order valence-corrected chi connectivity index (χ4v) is 2.35. The summed E-state index contributed by atoms with van der Waals surface area (Å²) in [5, 5.41) is 0. The molecule has 2 N–H and O–H groups in total. The largest absolute Gasteiger partial charge is 0.369 e. The first-order chi connectivity index (χ1) is 8.11. The summed E-state index contributed by atoms with van der Waals surface area (Å²) in [5.41, 5.74) is 6.01. The van der Waals surface area contributed by atoms with Crippen LogP contribution in [-0.2, 0) is 9.59 Å². The number of carbonyl (C=O) groups excluding carboxylic acids is 3. The minimum absolute atomic E-state index is 0.125. The summed E-state index contributed by atoms with van der Waals surface area (Å²) in [4.78, 5) is 35.3. The number of ketones is 1. The van der Waals surface area contributed by atoms with Gasteiger partial charge in [0.2, 0.25) is 5.91 Å². The highest BCUT2D eigenvalue weighted by Gasteiger charge is 2.35. The summed E-state index contributed by atoms with van der Waals surface area (Å²) in [6, 6.07) is 6.80. The lowest BCUT2D eigenvalue weighted by Crippen LogP contribution is -2.30. The van der Waals surface area contributed by atoms with E-state index in [0.29, 0.717) is 11.3 Å². The van der Waals surface area contributed by atoms with Crippen molar-refractivity contribution in [1.29, 1.82) is 0 Å². The Hall–Kier alpha value is -1.82. The molecule has 6 heteroatoms. The number of thioether (sulfide) groups is 1. The molecule has 88 valence electrons. The lowest BCUT2D eigenvalue weighted by Gasteiger charge is -2.15. The number of primary amides is 1. The van der Waals surface area contributed by atoms with E-state index in [1.807, 2.05) is 0 Å². The van der Waals surface area contributed by atoms with Crippen LogP contribution in [0.2, 0.25) is 0 Å². The minimum Gasteiger partial charge on any atom is -0.369 e. The van der Waals surface area contributed by atoms with E-state index in [0.717, 1.165) is 0 Å². The number of rotatable bonds is 4. The number of nitrogens with zero attached hydrogens (tertiary/aromatic N) is 1. The van der Waals surface area contributed by atoms with E-state index >= 15 is 0 Å². The molecular weight excluding hydrogens is 240 g/mol. The highest BCUT2D eigenvalue weighted by Crippen LogP contribution is 2.29. The molecule has 0 radical (unpaired) electrons. The van der Waals surface area contributed by atoms with Crippen LogP contribution >= 0.6 is 11.8 Å². The molecule has 5 nitrogen and oxygen atoms in total. The third-order valence-electron chi connectivity index (χ3n) is 2.34. The average Bonchev–Trinajstić information content (AvgIpc) is 2.54. The molecule has 0 saturated carbocycles. The number of para-hydroxylation sites is 1. The maximum absolute atomic E-state index is 11.7. The van der Waals surface area contributed by atoms with Gasteiger partial charge in [0.05, 0.1) is 22.9 Å². The molecule has 17 heavy (non-hydrogen) atoms. The Morgan fingerprint density at radius 2 is 2.00 bits per heavy atom. The molecule has 0 bridgehead atoms. The highest BCUT2D eigenvalue weighted by atomic mass is 32.2. The van der Waals surface area contributed by atoms with Gasteiger partial charge in [0.25, 0.3) is 11.7 Å². The molecule has 1 aliphatic heterocycles. The van der Waals surface area contributed by atoms with Gasteiger partial charge < -0.3 is 5.73 Å². The standard InChI is InChI=1S/C11H10N2O3S/c12-9(14)5-17-6-13-8-4-2-1-3-7(8)10(15)11(13)16/h1-4H,5-6H2,(H2,12,14). The van der Waals surface area contributed by atoms with Crippen molar-refractivity contribution in [2.24, 2.45) is 5.73 Å². The summed E-state index contributed by atoms with van der Waals surface area (Å²) in [7, 11) is 0. The number of nitrogens with two attached hydrogens (primary N) is 1. The minimum atomic E-state index is -0.553. The Kier molecular flexibility index (Phi) is 3.14. The molecule has 0 saturated heterocycles. The van der Waals surface area contributed by atoms with Gasteiger partial charge in [-0.2, -0.15) is 0 Å². The quantitative estimate of drug-likeness (QED) is 0.784. The van der Waals surface area contributed by atoms with E-state index in [1.54, 1.807) is 24.3 Å². The molecule has 0 aliphatic carbocycles. The topological polar surface area (TPSA) is 80.5 Å². The molecule has 0 fully saturated rings. The number of carbonyl (C=O) groups is 3. The van der Waals surface area contributed by atoms with E-state index in [1.165, 1.54) is 16.7 Å². The van der Waals surface area contributed by atoms with Gasteiger partial charge in [0, 0.05) is 0 Å². The number of hydrogen-bond donors (Lipinski definition) is 1. The predicted octanol–water partition coefficient (Wildman–Crippen LogP) is 0.392. The van der Waals surface area contributed by atoms with Gasteiger partial charge in [-0.3, -0.25) is 19.3 Å². The van der Waals surface area contributed by atoms with Gasteiger partial charge in [-0.25, -0.2) is 0 Å². The van der Waals surface area contributed by atoms with Gasteiger partial charge in [-0.1, -0.05) is 12.1 Å². The fourth-order valence-electron chi connectivity index (χ4n) is 1.61. The first-order valence-electron chi connectivity index (χ1n) is 4.92. The molecule has 1 aliphatic rings. The number of amides is 2. The molecule has 0 spiro atoms. The van der Waals surface area contributed by atoms with E-state index in [-0.39, 0.29) is 11.6 Å². The Balaban J connectivity index is 2.16. The molecule has 1 aromatic carbocycles. The molecule has 1 aromatic rings. The Morgan fingerprint density at radius 1 is 1.29 bits per heavy atom. The predicted molar refractivity (Wildman–Crippen MR) is 64.8 cm³/mol. The first-order valence-corrected chi connectivity index (χ1v) is 6.08. The Labute approximate surface area is 102 Å². The summed E-state index contributed by atoms with van der Waals surface area (Å²) < 4.78 is 0. The summed E-state index contributed by atoms with van der Waals surface area (Å²) in [5.74, 6) is -1.12. The van der Waals surface area contributed by atoms with E-state index in [9.17, 15) is 14.4 Å². The monoisotopic (exact) mass is 250 g/mol. The van der Waals surface area contributed by atoms with Crippen molar-refractivity contribution in [3.63, 3.8) is 0 Å². The second kappa shape index (κ2) is 4.58. The molecule has 0 aromatic heterocycles. The van der Waals surface area contributed by atoms with Crippen molar-refractivity contribution in [1.82, 2.24) is 0 Å². The van der Waals surface area contributed by atoms with Gasteiger partial charge in [-0.15, -0.1) is 11.8 Å². The molecule has 0 unspecified atom stereocenters. The zero-order valence-electron chi connectivity index (χ0n) is 8.88. The number of benzene rings is 1. The summed E-state index contributed by atoms with van der Waals surface area (Å²) >= 11 is 1.21. The molecular formula is C11H10N2O3S. The average molecular weight is 250 g/mol. The lowest BCUT2D eigenvalue weighted by molar-refractivity contribution is -0.116. The molecule has 2 amide bonds. The lowest BCUT2D eigenvalue weighted by atomic mass is 10.1. The van der Waals surface area contributed by atoms with Crippen LogP contribution < -0.4 is 10.6 Å². The Bertz CT molecular complexity index is 501. The number of fused-ring (bicyclic) bond motifs is 1. The highest BCUT2D eigenvalue weighted by molar-refractivity contribution is 8.00. The van der Waals surface area contributed by atoms with E-state index < -0.39 is 17.6 Å². The van der Waals surface area contributed by atoms with Crippen LogP contribution in [0.25, 0.3) is 0 Å². The number of Topliss-reactive ketones (excluding diaryl/α,β-unsaturated/α-hetero) is 1. The summed E-state index contributed by atoms with van der Waals surface area (Å²) in [6.45, 7) is 0. The zero-order valence-corrected chi connectivity index (χ0v) is 9.70. The van der Waals surface area contributed by atoms with Crippen molar-refractivity contribution in [2.45, 2.75) is 0 Å². The van der Waals surface area contributed by atoms with Gasteiger partial charge >= 0.3 is 0 Å². The Morgan fingerprint density at radius 3 is 2.71 bits per heavy atom. The maximum Gasteiger partial charge on any atom is 0.300 e. The zero-order chi connectivity index (χ0) is 12.4. The van der Waals surface area contributed by atoms with Crippen molar-refractivity contribution >= 4 is 35.0 Å². The second-order valence-corrected chi connectivity index (χ2v) is 4.48. The van der Waals surface area contributed by atoms with Crippen LogP contribution in [0.3, 0.4) is 0 Å². The van der Waals surface area contributed by atoms with Crippen molar-refractivity contribution < 1.29 is 14.4 Å². The number of anilines is 1. The van der Waals surface area contributed by atoms with Crippen LogP contribution in [0.15, 0.2) is 24.3 Å². The maximum atomic E-state index is 11.7. The van der Waals surface area contributed by atoms with Crippen LogP contribution in [0.5, 0.6) is 0 Å². The second-order valence-electron chi connectivity index (χ2n) is 3.52. The molecule has 2 rings (SSSR count). The van der Waals surface area contributed by atoms with Crippen molar-refractivity contribution in [3.05, 3.63) is 29.8 Å². The van der Waals surface area contributed by atoms with Crippen molar-refractivity contribution in [2.75, 3.05) is 16.5 Å². The van der Waals surface area contributed by atoms with Crippen LogP contribution in [0.4, 0.5) is 5.69 Å². The fraction of sp³-hybridized carbons (Fsp3) is 0.182. The smallest absolute Gasteiger partial charge is 0.300 e. The van der Waals surface area contributed by atoms with Gasteiger partial charge in [-0.05, 0) is 12.1 Å². The third kappa shape index (κ3) is 2.16. The van der Waals surface area contributed by atoms with Crippen LogP contribution in [-0.4, -0.2) is 29.2 Å². The van der Waals surface area contributed by atoms with E-state index in [4.69, 9.17) is 5.73 Å². The number of hydrogen-bond acceptors (Lipinski definition) is 4. The molecule has 0 atom stereocenters. The SMILES string of the molecule is NC(=O)CSCN1C(=O)C(=O)c2ccccc21. The molecule has 1 heterocycles. The van der Waals surface area contributed by atoms with Crippen LogP contribution in [0.1, 0.15) is 10.4 Å². The summed E-state index contributed by atoms with van der Waals surface area (Å²) in [6.07, 6.45) is 0. The van der Waals surface area contributed by atoms with Crippen molar-refractivity contribution in [3.8, 4) is 0 Å².